The summed E-state index contributed by atoms with van der Waals surface area (Å²) >= 11 is 12.9. The topological polar surface area (TPSA) is 67.6 Å². The van der Waals surface area contributed by atoms with Gasteiger partial charge in [-0.25, -0.2) is 13.9 Å². The number of aromatic carboxylic acids is 1. The van der Waals surface area contributed by atoms with Crippen molar-refractivity contribution in [2.24, 2.45) is 0 Å². The lowest BCUT2D eigenvalue weighted by Crippen LogP contribution is -2.22. The van der Waals surface area contributed by atoms with Crippen LogP contribution in [0.4, 0.5) is 10.1 Å². The maximum atomic E-state index is 13.7. The van der Waals surface area contributed by atoms with Gasteiger partial charge in [-0.1, -0.05) is 43.1 Å². The van der Waals surface area contributed by atoms with Gasteiger partial charge in [-0.05, 0) is 84.5 Å². The van der Waals surface area contributed by atoms with Gasteiger partial charge >= 0.3 is 5.97 Å². The number of likely N-dealkylation sites (N-methyl/N-ethyl adjacent to an activating group) is 1. The van der Waals surface area contributed by atoms with Crippen molar-refractivity contribution < 1.29 is 19.0 Å². The summed E-state index contributed by atoms with van der Waals surface area (Å²) in [7, 11) is 1.92. The van der Waals surface area contributed by atoms with Crippen molar-refractivity contribution in [1.82, 2.24) is 9.78 Å². The van der Waals surface area contributed by atoms with Crippen molar-refractivity contribution in [3.63, 3.8) is 0 Å². The van der Waals surface area contributed by atoms with E-state index in [-0.39, 0.29) is 18.1 Å². The van der Waals surface area contributed by atoms with Crippen LogP contribution in [0, 0.1) is 12.7 Å². The minimum Gasteiger partial charge on any atom is -0.487 e. The van der Waals surface area contributed by atoms with Gasteiger partial charge in [0.05, 0.1) is 27.5 Å². The number of anilines is 1. The third-order valence-electron chi connectivity index (χ3n) is 6.64. The van der Waals surface area contributed by atoms with Crippen molar-refractivity contribution in [2.45, 2.75) is 39.7 Å². The van der Waals surface area contributed by atoms with Gasteiger partial charge < -0.3 is 14.7 Å². The highest BCUT2D eigenvalue weighted by atomic mass is 35.5. The third-order valence-corrected chi connectivity index (χ3v) is 7.25. The number of ether oxygens (including phenoxy) is 1. The first-order valence-corrected chi connectivity index (χ1v) is 13.3. The van der Waals surface area contributed by atoms with E-state index in [0.29, 0.717) is 40.0 Å². The average Bonchev–Trinajstić information content (AvgIpc) is 3.29. The molecule has 0 amide bonds. The van der Waals surface area contributed by atoms with Gasteiger partial charge in [0, 0.05) is 19.3 Å². The number of carboxylic acids is 1. The van der Waals surface area contributed by atoms with E-state index in [0.717, 1.165) is 22.5 Å². The van der Waals surface area contributed by atoms with Crippen LogP contribution in [0.2, 0.25) is 10.0 Å². The molecular weight excluding hydrogens is 540 g/mol. The molecule has 1 N–H and O–H groups in total. The van der Waals surface area contributed by atoms with Crippen LogP contribution in [-0.4, -0.2) is 34.4 Å². The number of hydrogen-bond donors (Lipinski definition) is 1. The van der Waals surface area contributed by atoms with Crippen molar-refractivity contribution >= 4 is 34.9 Å². The van der Waals surface area contributed by atoms with Gasteiger partial charge in [0.25, 0.3) is 0 Å². The van der Waals surface area contributed by atoms with Gasteiger partial charge in [-0.15, -0.1) is 0 Å². The number of carboxylic acid groups (broad SMARTS) is 1. The first kappa shape index (κ1) is 28.5. The molecule has 0 radical (unpaired) electrons. The molecule has 9 heteroatoms. The predicted octanol–water partition coefficient (Wildman–Crippen LogP) is 7.71. The van der Waals surface area contributed by atoms with Crippen LogP contribution in [0.1, 0.15) is 52.5 Å². The molecule has 1 aromatic heterocycles. The molecule has 4 rings (SSSR count). The second kappa shape index (κ2) is 12.1. The Labute approximate surface area is 237 Å². The lowest BCUT2D eigenvalue weighted by molar-refractivity contribution is 0.0695. The Kier molecular flexibility index (Phi) is 8.83. The quantitative estimate of drug-likeness (QED) is 0.212. The summed E-state index contributed by atoms with van der Waals surface area (Å²) in [5.74, 6) is -0.606. The Morgan fingerprint density at radius 3 is 2.49 bits per heavy atom. The molecule has 1 heterocycles. The number of benzene rings is 3. The largest absolute Gasteiger partial charge is 0.487 e. The summed E-state index contributed by atoms with van der Waals surface area (Å²) in [6.45, 7) is 6.95. The normalized spacial score (nSPS) is 11.2. The molecule has 0 saturated heterocycles. The monoisotopic (exact) mass is 569 g/mol. The molecule has 0 aliphatic heterocycles. The lowest BCUT2D eigenvalue weighted by Gasteiger charge is -2.22. The van der Waals surface area contributed by atoms with E-state index in [1.165, 1.54) is 18.2 Å². The summed E-state index contributed by atoms with van der Waals surface area (Å²) in [6, 6.07) is 14.9. The van der Waals surface area contributed by atoms with Gasteiger partial charge in [-0.2, -0.15) is 5.10 Å². The maximum Gasteiger partial charge on any atom is 0.335 e. The lowest BCUT2D eigenvalue weighted by atomic mass is 10.0. The zero-order chi connectivity index (χ0) is 28.3. The third kappa shape index (κ3) is 6.37. The van der Waals surface area contributed by atoms with E-state index in [1.54, 1.807) is 22.9 Å². The number of nitrogens with zero attached hydrogens (tertiary/aromatic N) is 3. The van der Waals surface area contributed by atoms with Crippen LogP contribution in [0.5, 0.6) is 5.75 Å². The molecule has 0 aliphatic carbocycles. The number of rotatable bonds is 10. The van der Waals surface area contributed by atoms with Gasteiger partial charge in [0.1, 0.15) is 23.9 Å². The SMILES string of the molecule is Cc1cc(OCc2c(C(C)C)cnn2-c2c(Cl)cccc2Cl)ccc1N(C)CCc1cc(F)ccc1C(=O)O. The van der Waals surface area contributed by atoms with Crippen molar-refractivity contribution in [1.29, 1.82) is 0 Å². The Balaban J connectivity index is 1.50. The zero-order valence-electron chi connectivity index (χ0n) is 22.2. The molecule has 0 aliphatic rings. The molecule has 0 bridgehead atoms. The summed E-state index contributed by atoms with van der Waals surface area (Å²) in [4.78, 5) is 13.5. The van der Waals surface area contributed by atoms with Gasteiger partial charge in [0.15, 0.2) is 0 Å². The van der Waals surface area contributed by atoms with Crippen LogP contribution >= 0.6 is 23.2 Å². The fraction of sp³-hybridized carbons (Fsp3) is 0.267. The summed E-state index contributed by atoms with van der Waals surface area (Å²) in [6.07, 6.45) is 2.21. The Hall–Kier alpha value is -3.55. The van der Waals surface area contributed by atoms with E-state index in [1.807, 2.05) is 43.3 Å². The number of hydrogen-bond acceptors (Lipinski definition) is 4. The van der Waals surface area contributed by atoms with E-state index < -0.39 is 11.8 Å². The van der Waals surface area contributed by atoms with Crippen LogP contribution < -0.4 is 9.64 Å². The molecule has 39 heavy (non-hydrogen) atoms. The van der Waals surface area contributed by atoms with Crippen LogP contribution in [0.15, 0.2) is 60.8 Å². The highest BCUT2D eigenvalue weighted by Gasteiger charge is 2.20. The van der Waals surface area contributed by atoms with E-state index in [9.17, 15) is 14.3 Å². The second-order valence-electron chi connectivity index (χ2n) is 9.70. The molecular formula is C30H30Cl2FN3O3. The average molecular weight is 570 g/mol. The Morgan fingerprint density at radius 1 is 1.13 bits per heavy atom. The Bertz CT molecular complexity index is 1480. The van der Waals surface area contributed by atoms with E-state index >= 15 is 0 Å². The standard InChI is InChI=1S/C30H30Cl2FN3O3/c1-18(2)24-16-34-36(29-25(31)6-5-7-26(29)32)28(24)17-39-22-9-11-27(19(3)14-22)35(4)13-12-20-15-21(33)8-10-23(20)30(37)38/h5-11,14-16,18H,12-13,17H2,1-4H3,(H,37,38). The molecule has 0 saturated carbocycles. The second-order valence-corrected chi connectivity index (χ2v) is 10.5. The molecule has 6 nitrogen and oxygen atoms in total. The summed E-state index contributed by atoms with van der Waals surface area (Å²) < 4.78 is 21.7. The smallest absolute Gasteiger partial charge is 0.335 e. The van der Waals surface area contributed by atoms with E-state index in [4.69, 9.17) is 27.9 Å². The number of halogens is 3. The zero-order valence-corrected chi connectivity index (χ0v) is 23.7. The van der Waals surface area contributed by atoms with Crippen LogP contribution in [-0.2, 0) is 13.0 Å². The molecule has 0 spiro atoms. The molecule has 0 atom stereocenters. The fourth-order valence-corrected chi connectivity index (χ4v) is 5.14. The van der Waals surface area contributed by atoms with Crippen LogP contribution in [0.25, 0.3) is 5.69 Å². The van der Waals surface area contributed by atoms with Gasteiger partial charge in [0.2, 0.25) is 0 Å². The first-order valence-electron chi connectivity index (χ1n) is 12.5. The molecule has 0 unspecified atom stereocenters. The first-order chi connectivity index (χ1) is 18.6. The minimum absolute atomic E-state index is 0.114. The highest BCUT2D eigenvalue weighted by Crippen LogP contribution is 2.32. The van der Waals surface area contributed by atoms with E-state index in [2.05, 4.69) is 18.9 Å². The number of para-hydroxylation sites is 1. The minimum atomic E-state index is -1.07. The molecule has 3 aromatic carbocycles. The van der Waals surface area contributed by atoms with Crippen molar-refractivity contribution in [3.8, 4) is 11.4 Å². The highest BCUT2D eigenvalue weighted by molar-refractivity contribution is 6.37. The number of aryl methyl sites for hydroxylation is 1. The van der Waals surface area contributed by atoms with Gasteiger partial charge in [-0.3, -0.25) is 0 Å². The van der Waals surface area contributed by atoms with Crippen molar-refractivity contribution in [2.75, 3.05) is 18.5 Å². The molecule has 4 aromatic rings. The molecule has 204 valence electrons. The van der Waals surface area contributed by atoms with Crippen molar-refractivity contribution in [3.05, 3.63) is 105 Å². The Morgan fingerprint density at radius 2 is 1.85 bits per heavy atom. The number of aromatic nitrogens is 2. The predicted molar refractivity (Wildman–Crippen MR) is 154 cm³/mol. The van der Waals surface area contributed by atoms with Crippen LogP contribution in [0.3, 0.4) is 0 Å². The maximum absolute atomic E-state index is 13.7. The number of carbonyl (C=O) groups is 1. The molecule has 0 fully saturated rings. The summed E-state index contributed by atoms with van der Waals surface area (Å²) in [5.41, 5.74) is 5.04. The fourth-order valence-electron chi connectivity index (χ4n) is 4.58. The summed E-state index contributed by atoms with van der Waals surface area (Å²) in [5, 5.41) is 15.0.